The fourth-order valence-corrected chi connectivity index (χ4v) is 1.36. The van der Waals surface area contributed by atoms with Gasteiger partial charge in [0.2, 0.25) is 0 Å². The number of nitrogens with zero attached hydrogens (tertiary/aromatic N) is 2. The summed E-state index contributed by atoms with van der Waals surface area (Å²) >= 11 is 0. The lowest BCUT2D eigenvalue weighted by Gasteiger charge is -2.30. The molecule has 0 fully saturated rings. The first-order valence-electron chi connectivity index (χ1n) is 4.80. The van der Waals surface area contributed by atoms with Gasteiger partial charge in [-0.05, 0) is 12.8 Å². The third kappa shape index (κ3) is 2.08. The number of aliphatic hydroxyl groups excluding tert-OH is 1. The Balaban J connectivity index is 2.89. The number of hydrogen-bond donors (Lipinski definition) is 2. The van der Waals surface area contributed by atoms with Crippen molar-refractivity contribution in [2.75, 3.05) is 0 Å². The summed E-state index contributed by atoms with van der Waals surface area (Å²) in [5, 5.41) is 19.9. The molecule has 0 radical (unpaired) electrons. The zero-order valence-corrected chi connectivity index (χ0v) is 8.51. The van der Waals surface area contributed by atoms with Crippen LogP contribution in [0.2, 0.25) is 0 Å². The van der Waals surface area contributed by atoms with Gasteiger partial charge < -0.3 is 10.2 Å². The van der Waals surface area contributed by atoms with Gasteiger partial charge in [0.1, 0.15) is 6.10 Å². The Kier molecular flexibility index (Phi) is 3.55. The van der Waals surface area contributed by atoms with Crippen LogP contribution < -0.4 is 0 Å². The third-order valence-corrected chi connectivity index (χ3v) is 2.60. The van der Waals surface area contributed by atoms with Crippen molar-refractivity contribution in [1.82, 2.24) is 9.97 Å². The van der Waals surface area contributed by atoms with Gasteiger partial charge in [-0.2, -0.15) is 0 Å². The largest absolute Gasteiger partial charge is 0.387 e. The first kappa shape index (κ1) is 11.1. The smallest absolute Gasteiger partial charge is 0.126 e. The van der Waals surface area contributed by atoms with Gasteiger partial charge in [0, 0.05) is 12.4 Å². The molecule has 1 atom stereocenters. The van der Waals surface area contributed by atoms with E-state index in [9.17, 15) is 10.2 Å². The van der Waals surface area contributed by atoms with Gasteiger partial charge in [-0.3, -0.25) is 9.97 Å². The van der Waals surface area contributed by atoms with E-state index in [2.05, 4.69) is 9.97 Å². The van der Waals surface area contributed by atoms with Crippen LogP contribution in [0.1, 0.15) is 38.5 Å². The first-order chi connectivity index (χ1) is 6.64. The van der Waals surface area contributed by atoms with Gasteiger partial charge in [-0.1, -0.05) is 13.8 Å². The normalized spacial score (nSPS) is 14.0. The molecule has 2 N–H and O–H groups in total. The molecule has 4 heteroatoms. The van der Waals surface area contributed by atoms with Crippen LogP contribution in [0.5, 0.6) is 0 Å². The van der Waals surface area contributed by atoms with Crippen LogP contribution in [-0.2, 0) is 0 Å². The van der Waals surface area contributed by atoms with Gasteiger partial charge in [-0.15, -0.1) is 0 Å². The van der Waals surface area contributed by atoms with Crippen molar-refractivity contribution in [2.45, 2.75) is 38.4 Å². The van der Waals surface area contributed by atoms with Crippen molar-refractivity contribution >= 4 is 0 Å². The number of rotatable bonds is 4. The second-order valence-electron chi connectivity index (χ2n) is 3.34. The van der Waals surface area contributed by atoms with Gasteiger partial charge in [0.05, 0.1) is 17.5 Å². The predicted molar refractivity (Wildman–Crippen MR) is 52.5 cm³/mol. The molecule has 4 nitrogen and oxygen atoms in total. The van der Waals surface area contributed by atoms with Gasteiger partial charge >= 0.3 is 0 Å². The number of aromatic nitrogens is 2. The lowest BCUT2D eigenvalue weighted by atomic mass is 9.89. The second kappa shape index (κ2) is 4.48. The molecule has 0 saturated heterocycles. The Labute approximate surface area is 83.6 Å². The zero-order chi connectivity index (χ0) is 10.6. The summed E-state index contributed by atoms with van der Waals surface area (Å²) in [7, 11) is 0. The molecule has 0 saturated carbocycles. The molecule has 0 aliphatic heterocycles. The summed E-state index contributed by atoms with van der Waals surface area (Å²) in [6, 6.07) is 0. The molecule has 0 bridgehead atoms. The van der Waals surface area contributed by atoms with Crippen LogP contribution in [0, 0.1) is 0 Å². The molecule has 1 heterocycles. The van der Waals surface area contributed by atoms with E-state index in [0.717, 1.165) is 0 Å². The van der Waals surface area contributed by atoms with Crippen LogP contribution in [0.3, 0.4) is 0 Å². The highest BCUT2D eigenvalue weighted by Gasteiger charge is 2.33. The average molecular weight is 196 g/mol. The molecular formula is C10H16N2O2. The fraction of sp³-hybridized carbons (Fsp3) is 0.600. The van der Waals surface area contributed by atoms with Crippen molar-refractivity contribution in [1.29, 1.82) is 0 Å². The highest BCUT2D eigenvalue weighted by Crippen LogP contribution is 2.29. The van der Waals surface area contributed by atoms with Crippen LogP contribution in [0.15, 0.2) is 18.6 Å². The molecule has 0 aromatic carbocycles. The lowest BCUT2D eigenvalue weighted by Crippen LogP contribution is -2.35. The van der Waals surface area contributed by atoms with E-state index < -0.39 is 11.7 Å². The Morgan fingerprint density at radius 3 is 2.43 bits per heavy atom. The molecule has 0 aliphatic carbocycles. The van der Waals surface area contributed by atoms with Crippen molar-refractivity contribution in [3.63, 3.8) is 0 Å². The summed E-state index contributed by atoms with van der Waals surface area (Å²) in [6.45, 7) is 3.67. The summed E-state index contributed by atoms with van der Waals surface area (Å²) in [5.41, 5.74) is -0.686. The van der Waals surface area contributed by atoms with E-state index in [1.165, 1.54) is 18.6 Å². The van der Waals surface area contributed by atoms with Crippen LogP contribution in [0.4, 0.5) is 0 Å². The monoisotopic (exact) mass is 196 g/mol. The molecule has 0 amide bonds. The van der Waals surface area contributed by atoms with E-state index in [0.29, 0.717) is 18.5 Å². The fourth-order valence-electron chi connectivity index (χ4n) is 1.36. The van der Waals surface area contributed by atoms with E-state index in [-0.39, 0.29) is 0 Å². The Morgan fingerprint density at radius 2 is 2.00 bits per heavy atom. The van der Waals surface area contributed by atoms with Gasteiger partial charge in [0.25, 0.3) is 0 Å². The van der Waals surface area contributed by atoms with E-state index >= 15 is 0 Å². The van der Waals surface area contributed by atoms with Crippen LogP contribution in [-0.4, -0.2) is 25.8 Å². The van der Waals surface area contributed by atoms with Crippen LogP contribution >= 0.6 is 0 Å². The van der Waals surface area contributed by atoms with Gasteiger partial charge in [0.15, 0.2) is 0 Å². The highest BCUT2D eigenvalue weighted by atomic mass is 16.3. The molecule has 14 heavy (non-hydrogen) atoms. The van der Waals surface area contributed by atoms with Gasteiger partial charge in [-0.25, -0.2) is 0 Å². The van der Waals surface area contributed by atoms with Crippen molar-refractivity contribution < 1.29 is 10.2 Å². The maximum absolute atomic E-state index is 10.0. The maximum Gasteiger partial charge on any atom is 0.126 e. The Hall–Kier alpha value is -1.00. The minimum Gasteiger partial charge on any atom is -0.387 e. The highest BCUT2D eigenvalue weighted by molar-refractivity contribution is 5.05. The minimum atomic E-state index is -1.10. The first-order valence-corrected chi connectivity index (χ1v) is 4.80. The summed E-state index contributed by atoms with van der Waals surface area (Å²) < 4.78 is 0. The topological polar surface area (TPSA) is 66.2 Å². The van der Waals surface area contributed by atoms with Crippen LogP contribution in [0.25, 0.3) is 0 Å². The second-order valence-corrected chi connectivity index (χ2v) is 3.34. The van der Waals surface area contributed by atoms with Crippen molar-refractivity contribution in [3.8, 4) is 0 Å². The lowest BCUT2D eigenvalue weighted by molar-refractivity contribution is -0.0840. The molecule has 1 aromatic rings. The summed E-state index contributed by atoms with van der Waals surface area (Å²) in [6.07, 6.45) is 4.52. The number of aliphatic hydroxyl groups is 2. The predicted octanol–water partition coefficient (Wildman–Crippen LogP) is 1.06. The SMILES string of the molecule is CCC(O)(CC)C(O)c1cnccn1. The molecule has 0 spiro atoms. The summed E-state index contributed by atoms with van der Waals surface area (Å²) in [4.78, 5) is 7.82. The van der Waals surface area contributed by atoms with E-state index in [1.54, 1.807) is 0 Å². The Morgan fingerprint density at radius 1 is 1.36 bits per heavy atom. The molecule has 0 aliphatic rings. The minimum absolute atomic E-state index is 0.415. The average Bonchev–Trinajstić information content (AvgIpc) is 2.28. The third-order valence-electron chi connectivity index (χ3n) is 2.60. The maximum atomic E-state index is 10.0. The number of hydrogen-bond acceptors (Lipinski definition) is 4. The van der Waals surface area contributed by atoms with Crippen molar-refractivity contribution in [2.24, 2.45) is 0 Å². The van der Waals surface area contributed by atoms with E-state index in [4.69, 9.17) is 0 Å². The molecule has 1 unspecified atom stereocenters. The molecule has 1 rings (SSSR count). The quantitative estimate of drug-likeness (QED) is 0.755. The summed E-state index contributed by atoms with van der Waals surface area (Å²) in [5.74, 6) is 0. The molecule has 78 valence electrons. The van der Waals surface area contributed by atoms with E-state index in [1.807, 2.05) is 13.8 Å². The Bertz CT molecular complexity index is 273. The zero-order valence-electron chi connectivity index (χ0n) is 8.51. The van der Waals surface area contributed by atoms with Crippen molar-refractivity contribution in [3.05, 3.63) is 24.3 Å². The molecule has 1 aromatic heterocycles. The standard InChI is InChI=1S/C10H16N2O2/c1-3-10(14,4-2)9(13)8-7-11-5-6-12-8/h5-7,9,13-14H,3-4H2,1-2H3. The molecular weight excluding hydrogens is 180 g/mol.